The van der Waals surface area contributed by atoms with Gasteiger partial charge in [0.15, 0.2) is 0 Å². The minimum Gasteiger partial charge on any atom is -0.0619 e. The standard InChI is InChI=1S/C25H20/c1-17-21-12-4-5-14-24(21)25-20(11-7-15-22(17)25)16-19-10-6-9-18-8-2-3-13-23(18)19/h2-15,17H,16H2,1H3. The first-order chi connectivity index (χ1) is 12.3. The summed E-state index contributed by atoms with van der Waals surface area (Å²) >= 11 is 0. The number of rotatable bonds is 2. The van der Waals surface area contributed by atoms with E-state index in [4.69, 9.17) is 0 Å². The molecule has 4 aromatic carbocycles. The van der Waals surface area contributed by atoms with Gasteiger partial charge >= 0.3 is 0 Å². The molecule has 5 rings (SSSR count). The Morgan fingerprint density at radius 3 is 2.28 bits per heavy atom. The van der Waals surface area contributed by atoms with Crippen LogP contribution in [0.1, 0.15) is 35.1 Å². The zero-order valence-electron chi connectivity index (χ0n) is 14.4. The normalized spacial score (nSPS) is 15.2. The molecule has 0 N–H and O–H groups in total. The first-order valence-electron chi connectivity index (χ1n) is 9.00. The minimum absolute atomic E-state index is 0.485. The third kappa shape index (κ3) is 2.21. The van der Waals surface area contributed by atoms with E-state index in [1.54, 1.807) is 0 Å². The Bertz CT molecular complexity index is 1080. The maximum atomic E-state index is 2.33. The molecular weight excluding hydrogens is 300 g/mol. The van der Waals surface area contributed by atoms with Gasteiger partial charge in [0, 0.05) is 5.92 Å². The summed E-state index contributed by atoms with van der Waals surface area (Å²) in [6.45, 7) is 2.33. The zero-order chi connectivity index (χ0) is 16.8. The summed E-state index contributed by atoms with van der Waals surface area (Å²) in [5.41, 5.74) is 8.65. The molecule has 0 amide bonds. The Labute approximate surface area is 148 Å². The fourth-order valence-electron chi connectivity index (χ4n) is 4.38. The summed E-state index contributed by atoms with van der Waals surface area (Å²) in [5, 5.41) is 2.68. The van der Waals surface area contributed by atoms with Crippen LogP contribution < -0.4 is 0 Å². The second-order valence-corrected chi connectivity index (χ2v) is 7.01. The molecule has 0 fully saturated rings. The molecule has 0 heterocycles. The van der Waals surface area contributed by atoms with Crippen LogP contribution in [0, 0.1) is 0 Å². The highest BCUT2D eigenvalue weighted by Crippen LogP contribution is 2.46. The SMILES string of the molecule is CC1c2ccccc2-c2c(Cc3cccc4ccccc34)cccc21. The lowest BCUT2D eigenvalue weighted by molar-refractivity contribution is 0.954. The second kappa shape index (κ2) is 5.60. The molecule has 120 valence electrons. The van der Waals surface area contributed by atoms with E-state index in [-0.39, 0.29) is 0 Å². The summed E-state index contributed by atoms with van der Waals surface area (Å²) < 4.78 is 0. The van der Waals surface area contributed by atoms with E-state index in [9.17, 15) is 0 Å². The predicted molar refractivity (Wildman–Crippen MR) is 106 cm³/mol. The second-order valence-electron chi connectivity index (χ2n) is 7.01. The van der Waals surface area contributed by atoms with Crippen molar-refractivity contribution in [1.29, 1.82) is 0 Å². The fraction of sp³-hybridized carbons (Fsp3) is 0.120. The number of hydrogen-bond acceptors (Lipinski definition) is 0. The van der Waals surface area contributed by atoms with Crippen LogP contribution in [-0.2, 0) is 6.42 Å². The van der Waals surface area contributed by atoms with Crippen molar-refractivity contribution in [3.8, 4) is 11.1 Å². The van der Waals surface area contributed by atoms with Gasteiger partial charge in [-0.2, -0.15) is 0 Å². The van der Waals surface area contributed by atoms with Gasteiger partial charge in [-0.1, -0.05) is 91.9 Å². The van der Waals surface area contributed by atoms with Crippen molar-refractivity contribution in [2.24, 2.45) is 0 Å². The fourth-order valence-corrected chi connectivity index (χ4v) is 4.38. The van der Waals surface area contributed by atoms with Crippen LogP contribution >= 0.6 is 0 Å². The lowest BCUT2D eigenvalue weighted by Crippen LogP contribution is -1.95. The highest BCUT2D eigenvalue weighted by atomic mass is 14.3. The molecule has 1 aliphatic rings. The molecule has 0 aromatic heterocycles. The van der Waals surface area contributed by atoms with Gasteiger partial charge in [-0.05, 0) is 50.6 Å². The molecule has 1 unspecified atom stereocenters. The lowest BCUT2D eigenvalue weighted by Gasteiger charge is -2.12. The molecule has 25 heavy (non-hydrogen) atoms. The molecule has 1 atom stereocenters. The molecule has 0 saturated heterocycles. The van der Waals surface area contributed by atoms with Crippen LogP contribution in [0.15, 0.2) is 84.9 Å². The Hall–Kier alpha value is -2.86. The average Bonchev–Trinajstić information content (AvgIpc) is 2.96. The maximum Gasteiger partial charge on any atom is 0.00734 e. The van der Waals surface area contributed by atoms with Crippen molar-refractivity contribution in [1.82, 2.24) is 0 Å². The average molecular weight is 320 g/mol. The van der Waals surface area contributed by atoms with E-state index in [1.165, 1.54) is 44.2 Å². The van der Waals surface area contributed by atoms with E-state index >= 15 is 0 Å². The lowest BCUT2D eigenvalue weighted by atomic mass is 9.92. The van der Waals surface area contributed by atoms with E-state index in [0.717, 1.165) is 6.42 Å². The first-order valence-corrected chi connectivity index (χ1v) is 9.00. The molecule has 0 nitrogen and oxygen atoms in total. The third-order valence-corrected chi connectivity index (χ3v) is 5.61. The quantitative estimate of drug-likeness (QED) is 0.392. The van der Waals surface area contributed by atoms with E-state index in [1.807, 2.05) is 0 Å². The van der Waals surface area contributed by atoms with Gasteiger partial charge in [0.25, 0.3) is 0 Å². The molecule has 0 spiro atoms. The molecule has 4 aromatic rings. The van der Waals surface area contributed by atoms with Gasteiger partial charge in [0.05, 0.1) is 0 Å². The maximum absolute atomic E-state index is 2.33. The molecule has 0 aliphatic heterocycles. The van der Waals surface area contributed by atoms with Gasteiger partial charge in [0.1, 0.15) is 0 Å². The number of hydrogen-bond donors (Lipinski definition) is 0. The van der Waals surface area contributed by atoms with Crippen LogP contribution in [0.4, 0.5) is 0 Å². The molecule has 0 radical (unpaired) electrons. The molecule has 1 aliphatic carbocycles. The van der Waals surface area contributed by atoms with Gasteiger partial charge in [-0.25, -0.2) is 0 Å². The largest absolute Gasteiger partial charge is 0.0619 e. The van der Waals surface area contributed by atoms with Crippen molar-refractivity contribution in [3.63, 3.8) is 0 Å². The first kappa shape index (κ1) is 14.5. The highest BCUT2D eigenvalue weighted by Gasteiger charge is 2.26. The Kier molecular flexibility index (Phi) is 3.24. The molecule has 0 heteroatoms. The minimum atomic E-state index is 0.485. The molecule has 0 bridgehead atoms. The summed E-state index contributed by atoms with van der Waals surface area (Å²) in [4.78, 5) is 0. The van der Waals surface area contributed by atoms with E-state index in [0.29, 0.717) is 5.92 Å². The number of fused-ring (bicyclic) bond motifs is 4. The summed E-state index contributed by atoms with van der Waals surface area (Å²) in [6, 6.07) is 31.0. The van der Waals surface area contributed by atoms with Crippen molar-refractivity contribution >= 4 is 10.8 Å². The van der Waals surface area contributed by atoms with Crippen molar-refractivity contribution < 1.29 is 0 Å². The van der Waals surface area contributed by atoms with Crippen molar-refractivity contribution in [3.05, 3.63) is 107 Å². The molecular formula is C25H20. The summed E-state index contributed by atoms with van der Waals surface area (Å²) in [6.07, 6.45) is 0.978. The number of benzene rings is 4. The zero-order valence-corrected chi connectivity index (χ0v) is 14.4. The van der Waals surface area contributed by atoms with Crippen LogP contribution in [0.3, 0.4) is 0 Å². The Morgan fingerprint density at radius 2 is 1.32 bits per heavy atom. The Morgan fingerprint density at radius 1 is 0.640 bits per heavy atom. The van der Waals surface area contributed by atoms with Gasteiger partial charge in [-0.15, -0.1) is 0 Å². The highest BCUT2D eigenvalue weighted by molar-refractivity contribution is 5.87. The smallest absolute Gasteiger partial charge is 0.00734 e. The monoisotopic (exact) mass is 320 g/mol. The van der Waals surface area contributed by atoms with Crippen LogP contribution in [0.5, 0.6) is 0 Å². The topological polar surface area (TPSA) is 0 Å². The van der Waals surface area contributed by atoms with Crippen molar-refractivity contribution in [2.45, 2.75) is 19.3 Å². The van der Waals surface area contributed by atoms with E-state index in [2.05, 4.69) is 91.9 Å². The summed E-state index contributed by atoms with van der Waals surface area (Å²) in [5.74, 6) is 0.485. The third-order valence-electron chi connectivity index (χ3n) is 5.61. The van der Waals surface area contributed by atoms with Crippen LogP contribution in [-0.4, -0.2) is 0 Å². The van der Waals surface area contributed by atoms with Gasteiger partial charge < -0.3 is 0 Å². The van der Waals surface area contributed by atoms with Gasteiger partial charge in [0.2, 0.25) is 0 Å². The van der Waals surface area contributed by atoms with Gasteiger partial charge in [-0.3, -0.25) is 0 Å². The van der Waals surface area contributed by atoms with E-state index < -0.39 is 0 Å². The van der Waals surface area contributed by atoms with Crippen LogP contribution in [0.2, 0.25) is 0 Å². The van der Waals surface area contributed by atoms with Crippen molar-refractivity contribution in [2.75, 3.05) is 0 Å². The van der Waals surface area contributed by atoms with Crippen LogP contribution in [0.25, 0.3) is 21.9 Å². The summed E-state index contributed by atoms with van der Waals surface area (Å²) in [7, 11) is 0. The molecule has 0 saturated carbocycles. The Balaban J connectivity index is 1.68. The predicted octanol–water partition coefficient (Wildman–Crippen LogP) is 6.56.